The maximum Gasteiger partial charge on any atom is 0.344 e. The van der Waals surface area contributed by atoms with Crippen molar-refractivity contribution >= 4 is 23.9 Å². The summed E-state index contributed by atoms with van der Waals surface area (Å²) >= 11 is 0. The van der Waals surface area contributed by atoms with Gasteiger partial charge in [-0.3, -0.25) is 0 Å². The molecule has 8 nitrogen and oxygen atoms in total. The van der Waals surface area contributed by atoms with E-state index in [0.717, 1.165) is 82.1 Å². The van der Waals surface area contributed by atoms with Crippen LogP contribution in [0.25, 0.3) is 0 Å². The normalized spacial score (nSPS) is 40.3. The fourth-order valence-electron chi connectivity index (χ4n) is 12.4. The molecule has 0 aromatic heterocycles. The van der Waals surface area contributed by atoms with E-state index in [0.29, 0.717) is 35.5 Å². The molecule has 0 aromatic rings. The van der Waals surface area contributed by atoms with E-state index in [1.54, 1.807) is 6.92 Å². The Hall–Kier alpha value is -2.64. The number of carbonyl (C=O) groups is 4. The fourth-order valence-corrected chi connectivity index (χ4v) is 12.4. The van der Waals surface area contributed by atoms with E-state index in [1.165, 1.54) is 12.8 Å². The van der Waals surface area contributed by atoms with Gasteiger partial charge < -0.3 is 18.9 Å². The van der Waals surface area contributed by atoms with Crippen LogP contribution in [0.5, 0.6) is 0 Å². The molecule has 8 atom stereocenters. The lowest BCUT2D eigenvalue weighted by atomic mass is 9.42. The minimum Gasteiger partial charge on any atom is -0.456 e. The predicted octanol–water partition coefficient (Wildman–Crippen LogP) is 7.00. The summed E-state index contributed by atoms with van der Waals surface area (Å²) < 4.78 is 23.5. The summed E-state index contributed by atoms with van der Waals surface area (Å²) in [6.45, 7) is 14.6. The molecule has 0 spiro atoms. The Labute approximate surface area is 280 Å². The average molecular weight is 653 g/mol. The Morgan fingerprint density at radius 2 is 1.32 bits per heavy atom. The van der Waals surface area contributed by atoms with Crippen molar-refractivity contribution < 1.29 is 38.1 Å². The zero-order valence-electron chi connectivity index (χ0n) is 29.0. The molecule has 8 heteroatoms. The zero-order chi connectivity index (χ0) is 33.7. The third kappa shape index (κ3) is 6.09. The molecule has 8 aliphatic rings. The van der Waals surface area contributed by atoms with Gasteiger partial charge in [0.2, 0.25) is 0 Å². The number of rotatable bonds is 14. The highest BCUT2D eigenvalue weighted by molar-refractivity contribution is 5.88. The van der Waals surface area contributed by atoms with Crippen LogP contribution in [-0.2, 0) is 38.1 Å². The van der Waals surface area contributed by atoms with Crippen LogP contribution in [0.2, 0.25) is 0 Å². The van der Waals surface area contributed by atoms with E-state index in [9.17, 15) is 19.2 Å². The minimum atomic E-state index is -0.615. The molecule has 8 aliphatic carbocycles. The van der Waals surface area contributed by atoms with Crippen LogP contribution in [0.1, 0.15) is 105 Å². The van der Waals surface area contributed by atoms with Crippen molar-refractivity contribution in [2.75, 3.05) is 13.2 Å². The first-order valence-corrected chi connectivity index (χ1v) is 18.5. The Morgan fingerprint density at radius 1 is 0.766 bits per heavy atom. The van der Waals surface area contributed by atoms with Gasteiger partial charge in [0.1, 0.15) is 11.2 Å². The number of esters is 4. The van der Waals surface area contributed by atoms with E-state index in [1.807, 2.05) is 0 Å². The molecule has 8 unspecified atom stereocenters. The predicted molar refractivity (Wildman–Crippen MR) is 175 cm³/mol. The SMILES string of the molecule is C=CC(=O)OCC(=O)OC1(C(C)CCC2C3CC4CC(C3)C(OC(=O)COC(=O)C(=C)C)(C(C)CC)C2C4)C2CC3CC(C2)CC1C3. The van der Waals surface area contributed by atoms with Crippen LogP contribution in [0.3, 0.4) is 0 Å². The first-order chi connectivity index (χ1) is 22.4. The van der Waals surface area contributed by atoms with Crippen LogP contribution in [0.15, 0.2) is 24.8 Å². The number of hydrogen-bond donors (Lipinski definition) is 0. The van der Waals surface area contributed by atoms with Crippen LogP contribution >= 0.6 is 0 Å². The average Bonchev–Trinajstić information content (AvgIpc) is 3.04. The van der Waals surface area contributed by atoms with Crippen LogP contribution in [0, 0.1) is 65.1 Å². The Bertz CT molecular complexity index is 1240. The highest BCUT2D eigenvalue weighted by Crippen LogP contribution is 2.66. The molecule has 0 heterocycles. The molecule has 0 aliphatic heterocycles. The summed E-state index contributed by atoms with van der Waals surface area (Å²) in [5.41, 5.74) is -0.840. The van der Waals surface area contributed by atoms with Gasteiger partial charge in [-0.25, -0.2) is 19.2 Å². The molecule has 0 N–H and O–H groups in total. The van der Waals surface area contributed by atoms with E-state index in [4.69, 9.17) is 18.9 Å². The lowest BCUT2D eigenvalue weighted by Crippen LogP contribution is -2.66. The van der Waals surface area contributed by atoms with Crippen molar-refractivity contribution in [2.24, 2.45) is 65.1 Å². The highest BCUT2D eigenvalue weighted by atomic mass is 16.6. The molecule has 0 aromatic carbocycles. The molecular formula is C39H56O8. The lowest BCUT2D eigenvalue weighted by molar-refractivity contribution is -0.249. The molecule has 0 radical (unpaired) electrons. The van der Waals surface area contributed by atoms with Gasteiger partial charge in [0.25, 0.3) is 0 Å². The van der Waals surface area contributed by atoms with E-state index >= 15 is 0 Å². The topological polar surface area (TPSA) is 105 Å². The van der Waals surface area contributed by atoms with Gasteiger partial charge >= 0.3 is 23.9 Å². The maximum absolute atomic E-state index is 13.4. The fraction of sp³-hybridized carbons (Fsp3) is 0.795. The molecule has 260 valence electrons. The van der Waals surface area contributed by atoms with Crippen molar-refractivity contribution in [3.05, 3.63) is 24.8 Å². The Balaban J connectivity index is 1.22. The summed E-state index contributed by atoms with van der Waals surface area (Å²) in [7, 11) is 0. The van der Waals surface area contributed by atoms with Crippen molar-refractivity contribution in [3.8, 4) is 0 Å². The van der Waals surface area contributed by atoms with Crippen LogP contribution in [-0.4, -0.2) is 48.3 Å². The first-order valence-electron chi connectivity index (χ1n) is 18.5. The standard InChI is InChI=1S/C39H56O8/c1-7-23(5)39(47-36(42)21-45-37(43)22(3)4)31-17-27-12-28(19-31)32(33(39)18-27)10-9-24(6)38(46-35(41)20-44-34(40)8-2)29-13-25-11-26(15-29)16-30(38)14-25/h8,23-33H,2-3,7,9-21H2,1,4-6H3. The molecule has 8 bridgehead atoms. The van der Waals surface area contributed by atoms with Gasteiger partial charge in [-0.05, 0) is 143 Å². The zero-order valence-corrected chi connectivity index (χ0v) is 29.0. The number of ether oxygens (including phenoxy) is 4. The number of carbonyl (C=O) groups excluding carboxylic acids is 4. The monoisotopic (exact) mass is 652 g/mol. The third-order valence-electron chi connectivity index (χ3n) is 14.0. The Kier molecular flexibility index (Phi) is 9.72. The molecule has 8 saturated carbocycles. The summed E-state index contributed by atoms with van der Waals surface area (Å²) in [4.78, 5) is 50.4. The van der Waals surface area contributed by atoms with Gasteiger partial charge in [-0.1, -0.05) is 33.9 Å². The lowest BCUT2D eigenvalue weighted by Gasteiger charge is -2.65. The molecule has 0 amide bonds. The van der Waals surface area contributed by atoms with Gasteiger partial charge in [-0.2, -0.15) is 0 Å². The molecular weight excluding hydrogens is 596 g/mol. The van der Waals surface area contributed by atoms with E-state index in [-0.39, 0.29) is 29.9 Å². The second-order valence-electron chi connectivity index (χ2n) is 16.5. The smallest absolute Gasteiger partial charge is 0.344 e. The number of hydrogen-bond acceptors (Lipinski definition) is 8. The summed E-state index contributed by atoms with van der Waals surface area (Å²) in [6, 6.07) is 0. The molecule has 0 saturated heterocycles. The van der Waals surface area contributed by atoms with Crippen molar-refractivity contribution in [1.29, 1.82) is 0 Å². The van der Waals surface area contributed by atoms with Crippen molar-refractivity contribution in [2.45, 2.75) is 116 Å². The van der Waals surface area contributed by atoms with Crippen LogP contribution < -0.4 is 0 Å². The quantitative estimate of drug-likeness (QED) is 0.112. The molecule has 47 heavy (non-hydrogen) atoms. The second kappa shape index (κ2) is 13.3. The second-order valence-corrected chi connectivity index (χ2v) is 16.5. The van der Waals surface area contributed by atoms with Crippen molar-refractivity contribution in [1.82, 2.24) is 0 Å². The molecule has 8 rings (SSSR count). The van der Waals surface area contributed by atoms with Crippen molar-refractivity contribution in [3.63, 3.8) is 0 Å². The van der Waals surface area contributed by atoms with Crippen LogP contribution in [0.4, 0.5) is 0 Å². The van der Waals surface area contributed by atoms with Gasteiger partial charge in [0, 0.05) is 17.6 Å². The summed E-state index contributed by atoms with van der Waals surface area (Å²) in [5.74, 6) is 2.66. The molecule has 8 fully saturated rings. The van der Waals surface area contributed by atoms with E-state index in [2.05, 4.69) is 33.9 Å². The first kappa shape index (κ1) is 34.2. The van der Waals surface area contributed by atoms with Gasteiger partial charge in [0.15, 0.2) is 13.2 Å². The summed E-state index contributed by atoms with van der Waals surface area (Å²) in [6.07, 6.45) is 14.2. The highest BCUT2D eigenvalue weighted by Gasteiger charge is 2.66. The largest absolute Gasteiger partial charge is 0.456 e. The third-order valence-corrected chi connectivity index (χ3v) is 14.0. The Morgan fingerprint density at radius 3 is 1.89 bits per heavy atom. The summed E-state index contributed by atoms with van der Waals surface area (Å²) in [5, 5.41) is 0. The van der Waals surface area contributed by atoms with E-state index < -0.39 is 41.7 Å². The van der Waals surface area contributed by atoms with Gasteiger partial charge in [-0.15, -0.1) is 0 Å². The van der Waals surface area contributed by atoms with Gasteiger partial charge in [0.05, 0.1) is 0 Å². The minimum absolute atomic E-state index is 0.163. The maximum atomic E-state index is 13.4.